The molecule has 0 fully saturated rings. The summed E-state index contributed by atoms with van der Waals surface area (Å²) in [4.78, 5) is 20.0. The molecule has 0 bridgehead atoms. The van der Waals surface area contributed by atoms with E-state index in [0.717, 1.165) is 0 Å². The maximum atomic E-state index is 11.6. The van der Waals surface area contributed by atoms with Gasteiger partial charge in [0.05, 0.1) is 29.1 Å². The number of carbonyl (C=O) groups is 1. The molecule has 3 N–H and O–H groups in total. The van der Waals surface area contributed by atoms with Gasteiger partial charge < -0.3 is 11.1 Å². The zero-order chi connectivity index (χ0) is 18.0. The summed E-state index contributed by atoms with van der Waals surface area (Å²) in [6, 6.07) is 6.75. The van der Waals surface area contributed by atoms with Crippen LogP contribution in [-0.4, -0.2) is 31.7 Å². The predicted octanol–water partition coefficient (Wildman–Crippen LogP) is 1.11. The van der Waals surface area contributed by atoms with Crippen molar-refractivity contribution in [2.24, 2.45) is 5.73 Å². The summed E-state index contributed by atoms with van der Waals surface area (Å²) in [7, 11) is 0. The molecular weight excluding hydrogens is 320 g/mol. The van der Waals surface area contributed by atoms with Crippen LogP contribution in [0.5, 0.6) is 0 Å². The zero-order valence-electron chi connectivity index (χ0n) is 13.1. The van der Waals surface area contributed by atoms with Gasteiger partial charge in [-0.25, -0.2) is 9.97 Å². The number of nitrogens with two attached hydrogens (primary N) is 1. The predicted molar refractivity (Wildman–Crippen MR) is 88.6 cm³/mol. The largest absolute Gasteiger partial charge is 0.369 e. The second-order valence-corrected chi connectivity index (χ2v) is 5.25. The minimum Gasteiger partial charge on any atom is -0.369 e. The van der Waals surface area contributed by atoms with E-state index in [-0.39, 0.29) is 5.56 Å². The average molecular weight is 332 g/mol. The summed E-state index contributed by atoms with van der Waals surface area (Å²) in [6.07, 6.45) is 4.33. The van der Waals surface area contributed by atoms with Crippen molar-refractivity contribution < 1.29 is 4.79 Å². The van der Waals surface area contributed by atoms with E-state index in [0.29, 0.717) is 28.1 Å². The molecular formula is C16H12N8O. The molecule has 122 valence electrons. The molecule has 3 aromatic heterocycles. The topological polar surface area (TPSA) is 146 Å². The molecule has 0 aliphatic carbocycles. The number of pyridine rings is 2. The smallest absolute Gasteiger partial charge is 0.252 e. The molecule has 0 aliphatic rings. The van der Waals surface area contributed by atoms with Crippen molar-refractivity contribution >= 4 is 22.6 Å². The van der Waals surface area contributed by atoms with E-state index in [1.165, 1.54) is 17.1 Å². The fraction of sp³-hybridized carbons (Fsp3) is 0.125. The van der Waals surface area contributed by atoms with E-state index < -0.39 is 11.9 Å². The van der Waals surface area contributed by atoms with Crippen molar-refractivity contribution in [2.45, 2.75) is 13.0 Å². The van der Waals surface area contributed by atoms with E-state index >= 15 is 0 Å². The first-order chi connectivity index (χ1) is 12.0. The lowest BCUT2D eigenvalue weighted by Crippen LogP contribution is -2.19. The Hall–Kier alpha value is -3.98. The van der Waals surface area contributed by atoms with Crippen molar-refractivity contribution in [1.29, 1.82) is 10.5 Å². The van der Waals surface area contributed by atoms with Crippen LogP contribution in [0.15, 0.2) is 30.7 Å². The zero-order valence-corrected chi connectivity index (χ0v) is 13.1. The lowest BCUT2D eigenvalue weighted by atomic mass is 10.2. The van der Waals surface area contributed by atoms with Crippen LogP contribution in [0.4, 0.5) is 5.69 Å². The molecule has 1 amide bonds. The Kier molecular flexibility index (Phi) is 3.98. The number of nitriles is 2. The van der Waals surface area contributed by atoms with Crippen LogP contribution in [0.1, 0.15) is 22.8 Å². The number of carbonyl (C=O) groups excluding carboxylic acids is 1. The lowest BCUT2D eigenvalue weighted by Gasteiger charge is -2.13. The normalized spacial score (nSPS) is 11.5. The van der Waals surface area contributed by atoms with E-state index in [1.807, 2.05) is 12.1 Å². The number of nitrogens with one attached hydrogen (secondary N) is 1. The molecule has 3 heterocycles. The van der Waals surface area contributed by atoms with Crippen molar-refractivity contribution in [3.05, 3.63) is 41.9 Å². The molecule has 0 unspecified atom stereocenters. The minimum absolute atomic E-state index is 0.169. The van der Waals surface area contributed by atoms with Crippen LogP contribution < -0.4 is 11.1 Å². The average Bonchev–Trinajstić information content (AvgIpc) is 3.04. The number of nitrogens with zero attached hydrogens (tertiary/aromatic N) is 6. The fourth-order valence-electron chi connectivity index (χ4n) is 2.29. The monoisotopic (exact) mass is 332 g/mol. The highest BCUT2D eigenvalue weighted by atomic mass is 16.1. The summed E-state index contributed by atoms with van der Waals surface area (Å²) in [5.74, 6) is -0.265. The highest BCUT2D eigenvalue weighted by Gasteiger charge is 2.15. The maximum Gasteiger partial charge on any atom is 0.252 e. The minimum atomic E-state index is -0.659. The summed E-state index contributed by atoms with van der Waals surface area (Å²) >= 11 is 0. The number of aromatic nitrogens is 4. The standard InChI is InChI=1S/C16H12N8O/c1-9(4-17)23-13-3-14(20-8-12(13)15(19)25)24-16-11(7-22-24)2-10(5-18)6-21-16/h2-3,6-9H,1H3,(H2,19,25)(H,20,23)/t9-/m1/s1. The second kappa shape index (κ2) is 6.26. The molecule has 9 nitrogen and oxygen atoms in total. The number of hydrogen-bond donors (Lipinski definition) is 2. The van der Waals surface area contributed by atoms with Gasteiger partial charge in [-0.15, -0.1) is 0 Å². The maximum absolute atomic E-state index is 11.6. The summed E-state index contributed by atoms with van der Waals surface area (Å²) in [5.41, 5.74) is 6.84. The van der Waals surface area contributed by atoms with E-state index in [1.54, 1.807) is 25.3 Å². The molecule has 0 saturated carbocycles. The molecule has 0 aliphatic heterocycles. The van der Waals surface area contributed by atoms with Gasteiger partial charge in [-0.1, -0.05) is 0 Å². The Labute approximate surface area is 142 Å². The van der Waals surface area contributed by atoms with Crippen LogP contribution in [0, 0.1) is 22.7 Å². The second-order valence-electron chi connectivity index (χ2n) is 5.25. The molecule has 0 aromatic carbocycles. The molecule has 3 rings (SSSR count). The third-order valence-corrected chi connectivity index (χ3v) is 3.47. The molecule has 0 radical (unpaired) electrons. The first kappa shape index (κ1) is 15.9. The van der Waals surface area contributed by atoms with Crippen molar-refractivity contribution in [1.82, 2.24) is 19.7 Å². The van der Waals surface area contributed by atoms with E-state index in [4.69, 9.17) is 16.3 Å². The lowest BCUT2D eigenvalue weighted by molar-refractivity contribution is 0.100. The fourth-order valence-corrected chi connectivity index (χ4v) is 2.29. The third-order valence-electron chi connectivity index (χ3n) is 3.47. The molecule has 3 aromatic rings. The van der Waals surface area contributed by atoms with Crippen molar-refractivity contribution in [3.63, 3.8) is 0 Å². The summed E-state index contributed by atoms with van der Waals surface area (Å²) in [5, 5.41) is 25.7. The Morgan fingerprint density at radius 1 is 1.28 bits per heavy atom. The highest BCUT2D eigenvalue weighted by Crippen LogP contribution is 2.21. The van der Waals surface area contributed by atoms with E-state index in [9.17, 15) is 4.79 Å². The molecule has 1 atom stereocenters. The van der Waals surface area contributed by atoms with Gasteiger partial charge in [0.1, 0.15) is 12.1 Å². The van der Waals surface area contributed by atoms with Gasteiger partial charge in [-0.2, -0.15) is 20.3 Å². The third kappa shape index (κ3) is 2.94. The Balaban J connectivity index is 2.12. The van der Waals surface area contributed by atoms with Crippen LogP contribution >= 0.6 is 0 Å². The Bertz CT molecular complexity index is 1060. The van der Waals surface area contributed by atoms with Gasteiger partial charge in [-0.05, 0) is 13.0 Å². The molecule has 9 heteroatoms. The summed E-state index contributed by atoms with van der Waals surface area (Å²) < 4.78 is 1.48. The quantitative estimate of drug-likeness (QED) is 0.727. The Morgan fingerprint density at radius 3 is 2.76 bits per heavy atom. The molecule has 0 spiro atoms. The first-order valence-corrected chi connectivity index (χ1v) is 7.23. The van der Waals surface area contributed by atoms with E-state index in [2.05, 4.69) is 20.4 Å². The van der Waals surface area contributed by atoms with Crippen LogP contribution in [0.2, 0.25) is 0 Å². The number of primary amides is 1. The van der Waals surface area contributed by atoms with Gasteiger partial charge in [0, 0.05) is 23.8 Å². The van der Waals surface area contributed by atoms with Crippen LogP contribution in [-0.2, 0) is 0 Å². The van der Waals surface area contributed by atoms with Crippen molar-refractivity contribution in [3.8, 4) is 18.0 Å². The molecule has 0 saturated heterocycles. The van der Waals surface area contributed by atoms with Crippen LogP contribution in [0.3, 0.4) is 0 Å². The molecule has 25 heavy (non-hydrogen) atoms. The summed E-state index contributed by atoms with van der Waals surface area (Å²) in [6.45, 7) is 1.65. The van der Waals surface area contributed by atoms with Crippen molar-refractivity contribution in [2.75, 3.05) is 5.32 Å². The van der Waals surface area contributed by atoms with Gasteiger partial charge >= 0.3 is 0 Å². The van der Waals surface area contributed by atoms with Gasteiger partial charge in [0.2, 0.25) is 0 Å². The number of rotatable bonds is 4. The highest BCUT2D eigenvalue weighted by molar-refractivity contribution is 5.98. The Morgan fingerprint density at radius 2 is 2.08 bits per heavy atom. The SMILES string of the molecule is C[C@H](C#N)Nc1cc(-n2ncc3cc(C#N)cnc32)ncc1C(N)=O. The van der Waals surface area contributed by atoms with Gasteiger partial charge in [0.25, 0.3) is 5.91 Å². The number of amides is 1. The van der Waals surface area contributed by atoms with Gasteiger partial charge in [-0.3, -0.25) is 4.79 Å². The first-order valence-electron chi connectivity index (χ1n) is 7.23. The number of fused-ring (bicyclic) bond motifs is 1. The number of anilines is 1. The van der Waals surface area contributed by atoms with Gasteiger partial charge in [0.15, 0.2) is 11.5 Å². The number of hydrogen-bond acceptors (Lipinski definition) is 7. The van der Waals surface area contributed by atoms with Crippen LogP contribution in [0.25, 0.3) is 16.9 Å².